The fourth-order valence-corrected chi connectivity index (χ4v) is 4.10. The molecule has 3 rings (SSSR count). The van der Waals surface area contributed by atoms with E-state index in [2.05, 4.69) is 16.0 Å². The van der Waals surface area contributed by atoms with Crippen molar-refractivity contribution in [2.45, 2.75) is 52.1 Å². The van der Waals surface area contributed by atoms with Crippen molar-refractivity contribution >= 4 is 34.9 Å². The van der Waals surface area contributed by atoms with Gasteiger partial charge in [0.2, 0.25) is 11.8 Å². The topological polar surface area (TPSA) is 119 Å². The Bertz CT molecular complexity index is 1020. The van der Waals surface area contributed by atoms with Crippen LogP contribution in [0.3, 0.4) is 0 Å². The van der Waals surface area contributed by atoms with E-state index in [1.54, 1.807) is 6.07 Å². The Morgan fingerprint density at radius 2 is 2.03 bits per heavy atom. The molecule has 0 radical (unpaired) electrons. The summed E-state index contributed by atoms with van der Waals surface area (Å²) in [6, 6.07) is 7.55. The molecule has 0 saturated carbocycles. The number of aldehydes is 1. The summed E-state index contributed by atoms with van der Waals surface area (Å²) >= 11 is 0. The zero-order valence-corrected chi connectivity index (χ0v) is 19.3. The molecule has 1 fully saturated rings. The zero-order chi connectivity index (χ0) is 24.0. The summed E-state index contributed by atoms with van der Waals surface area (Å²) in [4.78, 5) is 55.3. The molecule has 178 valence electrons. The number of aromatic nitrogens is 1. The van der Waals surface area contributed by atoms with Crippen LogP contribution in [-0.4, -0.2) is 54.0 Å². The van der Waals surface area contributed by atoms with Crippen LogP contribution < -0.4 is 20.8 Å². The molecule has 0 spiro atoms. The van der Waals surface area contributed by atoms with E-state index >= 15 is 0 Å². The highest BCUT2D eigenvalue weighted by Crippen LogP contribution is 2.20. The molecule has 3 amide bonds. The Hall–Kier alpha value is -3.36. The molecule has 0 unspecified atom stereocenters. The van der Waals surface area contributed by atoms with Gasteiger partial charge in [-0.25, -0.2) is 0 Å². The first kappa shape index (κ1) is 24.3. The highest BCUT2D eigenvalue weighted by Gasteiger charge is 2.30. The summed E-state index contributed by atoms with van der Waals surface area (Å²) in [5, 5.41) is 9.09. The van der Waals surface area contributed by atoms with Crippen LogP contribution in [0.25, 0.3) is 10.9 Å². The molecule has 1 saturated heterocycles. The molecule has 2 heterocycles. The molecule has 1 aromatic heterocycles. The first-order chi connectivity index (χ1) is 15.8. The molecule has 1 aliphatic heterocycles. The smallest absolute Gasteiger partial charge is 0.272 e. The molecule has 3 atom stereocenters. The Balaban J connectivity index is 1.76. The fourth-order valence-electron chi connectivity index (χ4n) is 4.10. The SMILES string of the molecule is CCOn1c(C(=O)N[C@@H](CC(C)C)C(=O)N[C@H](C=O)C[C@@H]2CCNC2=O)cc2ccccc21. The number of nitrogens with zero attached hydrogens (tertiary/aromatic N) is 1. The Labute approximate surface area is 193 Å². The molecule has 2 aromatic rings. The Morgan fingerprint density at radius 3 is 2.67 bits per heavy atom. The number of amides is 3. The molecule has 0 aliphatic carbocycles. The fraction of sp³-hybridized carbons (Fsp3) is 0.500. The van der Waals surface area contributed by atoms with Crippen LogP contribution in [0.2, 0.25) is 0 Å². The number of hydrogen-bond donors (Lipinski definition) is 3. The van der Waals surface area contributed by atoms with E-state index in [1.165, 1.54) is 4.73 Å². The quantitative estimate of drug-likeness (QED) is 0.442. The third-order valence-electron chi connectivity index (χ3n) is 5.68. The molecular formula is C24H32N4O5. The number of fused-ring (bicyclic) bond motifs is 1. The van der Waals surface area contributed by atoms with Gasteiger partial charge in [0.25, 0.3) is 5.91 Å². The van der Waals surface area contributed by atoms with Crippen molar-refractivity contribution in [3.05, 3.63) is 36.0 Å². The van der Waals surface area contributed by atoms with Gasteiger partial charge in [-0.05, 0) is 44.2 Å². The van der Waals surface area contributed by atoms with Crippen molar-refractivity contribution in [1.82, 2.24) is 20.7 Å². The van der Waals surface area contributed by atoms with Crippen LogP contribution in [0.5, 0.6) is 0 Å². The monoisotopic (exact) mass is 456 g/mol. The second kappa shape index (κ2) is 11.0. The van der Waals surface area contributed by atoms with E-state index in [4.69, 9.17) is 4.84 Å². The first-order valence-electron chi connectivity index (χ1n) is 11.4. The first-order valence-corrected chi connectivity index (χ1v) is 11.4. The predicted molar refractivity (Wildman–Crippen MR) is 123 cm³/mol. The van der Waals surface area contributed by atoms with Gasteiger partial charge in [0.15, 0.2) is 0 Å². The third-order valence-corrected chi connectivity index (χ3v) is 5.68. The molecule has 9 nitrogen and oxygen atoms in total. The predicted octanol–water partition coefficient (Wildman–Crippen LogP) is 1.44. The van der Waals surface area contributed by atoms with Gasteiger partial charge in [-0.15, -0.1) is 0 Å². The minimum Gasteiger partial charge on any atom is -0.413 e. The zero-order valence-electron chi connectivity index (χ0n) is 19.3. The van der Waals surface area contributed by atoms with Crippen molar-refractivity contribution < 1.29 is 24.0 Å². The summed E-state index contributed by atoms with van der Waals surface area (Å²) in [5.74, 6) is -1.19. The molecular weight excluding hydrogens is 424 g/mol. The average molecular weight is 457 g/mol. The van der Waals surface area contributed by atoms with Crippen molar-refractivity contribution in [1.29, 1.82) is 0 Å². The average Bonchev–Trinajstić information content (AvgIpc) is 3.36. The standard InChI is InChI=1S/C24H32N4O5/c1-4-33-28-20-8-6-5-7-16(20)13-21(28)24(32)27-19(11-15(2)3)23(31)26-18(14-29)12-17-9-10-25-22(17)30/h5-8,13-15,17-19H,4,9-12H2,1-3H3,(H,25,30)(H,26,31)(H,27,32)/t17-,18-,19-/m0/s1. The van der Waals surface area contributed by atoms with Gasteiger partial charge in [0, 0.05) is 17.8 Å². The number of nitrogens with one attached hydrogen (secondary N) is 3. The summed E-state index contributed by atoms with van der Waals surface area (Å²) in [7, 11) is 0. The Kier molecular flexibility index (Phi) is 8.08. The van der Waals surface area contributed by atoms with Crippen LogP contribution in [-0.2, 0) is 14.4 Å². The van der Waals surface area contributed by atoms with Crippen molar-refractivity contribution in [3.8, 4) is 0 Å². The van der Waals surface area contributed by atoms with Crippen LogP contribution in [0.4, 0.5) is 0 Å². The summed E-state index contributed by atoms with van der Waals surface area (Å²) in [6.07, 6.45) is 1.90. The van der Waals surface area contributed by atoms with Gasteiger partial charge in [0.05, 0.1) is 11.6 Å². The lowest BCUT2D eigenvalue weighted by Crippen LogP contribution is -2.51. The minimum atomic E-state index is -0.842. The maximum absolute atomic E-state index is 13.2. The van der Waals surface area contributed by atoms with Gasteiger partial charge in [-0.2, -0.15) is 4.73 Å². The van der Waals surface area contributed by atoms with E-state index in [-0.39, 0.29) is 29.9 Å². The van der Waals surface area contributed by atoms with E-state index in [9.17, 15) is 19.2 Å². The van der Waals surface area contributed by atoms with Crippen molar-refractivity contribution in [3.63, 3.8) is 0 Å². The van der Waals surface area contributed by atoms with Crippen LogP contribution in [0, 0.1) is 11.8 Å². The van der Waals surface area contributed by atoms with Crippen LogP contribution in [0.1, 0.15) is 50.5 Å². The molecule has 1 aromatic carbocycles. The molecule has 3 N–H and O–H groups in total. The van der Waals surface area contributed by atoms with Gasteiger partial charge >= 0.3 is 0 Å². The van der Waals surface area contributed by atoms with E-state index in [0.29, 0.717) is 32.3 Å². The second-order valence-electron chi connectivity index (χ2n) is 8.72. The molecule has 33 heavy (non-hydrogen) atoms. The maximum atomic E-state index is 13.2. The molecule has 0 bridgehead atoms. The lowest BCUT2D eigenvalue weighted by atomic mass is 9.98. The number of rotatable bonds is 11. The second-order valence-corrected chi connectivity index (χ2v) is 8.72. The van der Waals surface area contributed by atoms with Gasteiger partial charge in [-0.3, -0.25) is 14.4 Å². The number of hydrogen-bond acceptors (Lipinski definition) is 5. The highest BCUT2D eigenvalue weighted by atomic mass is 16.7. The number of carbonyl (C=O) groups is 4. The van der Waals surface area contributed by atoms with E-state index in [1.807, 2.05) is 45.0 Å². The number of para-hydroxylation sites is 1. The normalized spacial score (nSPS) is 17.5. The largest absolute Gasteiger partial charge is 0.413 e. The summed E-state index contributed by atoms with van der Waals surface area (Å²) in [6.45, 7) is 6.66. The highest BCUT2D eigenvalue weighted by molar-refractivity contribution is 6.00. The van der Waals surface area contributed by atoms with Crippen molar-refractivity contribution in [2.75, 3.05) is 13.2 Å². The minimum absolute atomic E-state index is 0.105. The molecule has 9 heteroatoms. The number of benzene rings is 1. The van der Waals surface area contributed by atoms with Crippen LogP contribution >= 0.6 is 0 Å². The molecule has 1 aliphatic rings. The lowest BCUT2D eigenvalue weighted by molar-refractivity contribution is -0.127. The lowest BCUT2D eigenvalue weighted by Gasteiger charge is -2.23. The van der Waals surface area contributed by atoms with Gasteiger partial charge in [-0.1, -0.05) is 32.0 Å². The maximum Gasteiger partial charge on any atom is 0.272 e. The third kappa shape index (κ3) is 5.91. The Morgan fingerprint density at radius 1 is 1.27 bits per heavy atom. The van der Waals surface area contributed by atoms with Crippen LogP contribution in [0.15, 0.2) is 30.3 Å². The van der Waals surface area contributed by atoms with Crippen molar-refractivity contribution in [2.24, 2.45) is 11.8 Å². The van der Waals surface area contributed by atoms with E-state index in [0.717, 1.165) is 10.9 Å². The summed E-state index contributed by atoms with van der Waals surface area (Å²) < 4.78 is 1.47. The number of carbonyl (C=O) groups excluding carboxylic acids is 4. The van der Waals surface area contributed by atoms with E-state index < -0.39 is 23.9 Å². The van der Waals surface area contributed by atoms with Gasteiger partial charge in [0.1, 0.15) is 24.6 Å². The summed E-state index contributed by atoms with van der Waals surface area (Å²) in [5.41, 5.74) is 1.04. The van der Waals surface area contributed by atoms with Gasteiger partial charge < -0.3 is 25.6 Å².